The van der Waals surface area contributed by atoms with Gasteiger partial charge < -0.3 is 20.3 Å². The van der Waals surface area contributed by atoms with Crippen molar-refractivity contribution in [3.05, 3.63) is 88.0 Å². The second kappa shape index (κ2) is 10.9. The Hall–Kier alpha value is -3.53. The zero-order valence-corrected chi connectivity index (χ0v) is 24.8. The molecule has 2 N–H and O–H groups in total. The number of nitrogens with zero attached hydrogens (tertiary/aromatic N) is 2. The van der Waals surface area contributed by atoms with Gasteiger partial charge in [0.2, 0.25) is 0 Å². The van der Waals surface area contributed by atoms with E-state index in [9.17, 15) is 4.79 Å². The Bertz CT molecular complexity index is 1410. The molecule has 1 aliphatic carbocycles. The minimum Gasteiger partial charge on any atom is -0.448 e. The molecule has 0 atom stereocenters. The maximum Gasteiger partial charge on any atom is 0.409 e. The average molecular weight is 538 g/mol. The first-order valence-electron chi connectivity index (χ1n) is 13.9. The van der Waals surface area contributed by atoms with Gasteiger partial charge in [-0.25, -0.2) is 4.79 Å². The number of piperazine rings is 1. The van der Waals surface area contributed by atoms with Crippen LogP contribution in [0.1, 0.15) is 39.3 Å². The third-order valence-corrected chi connectivity index (χ3v) is 8.77. The summed E-state index contributed by atoms with van der Waals surface area (Å²) in [6.07, 6.45) is -0.234. The number of benzene rings is 3. The number of amides is 1. The van der Waals surface area contributed by atoms with E-state index in [-0.39, 0.29) is 12.0 Å². The van der Waals surface area contributed by atoms with Crippen molar-refractivity contribution in [1.82, 2.24) is 4.90 Å². The van der Waals surface area contributed by atoms with Gasteiger partial charge in [-0.3, -0.25) is 0 Å². The highest BCUT2D eigenvalue weighted by Gasteiger charge is 2.31. The van der Waals surface area contributed by atoms with Crippen LogP contribution in [0.4, 0.5) is 10.5 Å². The first-order chi connectivity index (χ1) is 18.7. The summed E-state index contributed by atoms with van der Waals surface area (Å²) in [6.45, 7) is 14.7. The smallest absolute Gasteiger partial charge is 0.409 e. The van der Waals surface area contributed by atoms with Crippen LogP contribution in [0.25, 0.3) is 11.1 Å². The SMILES string of the molecule is Cc1c(C#C[Si](C)(C)C)cc(CN)c(C)c1N1CCN(C(=O)OCC2c3ccccc3-c3ccccc32)CC1. The normalized spacial score (nSPS) is 14.9. The Morgan fingerprint density at radius 1 is 0.949 bits per heavy atom. The van der Waals surface area contributed by atoms with E-state index >= 15 is 0 Å². The van der Waals surface area contributed by atoms with Crippen LogP contribution in [0.15, 0.2) is 54.6 Å². The van der Waals surface area contributed by atoms with Crippen LogP contribution in [0.5, 0.6) is 0 Å². The topological polar surface area (TPSA) is 58.8 Å². The van der Waals surface area contributed by atoms with Crippen molar-refractivity contribution in [3.8, 4) is 22.6 Å². The lowest BCUT2D eigenvalue weighted by Crippen LogP contribution is -2.49. The molecule has 0 bridgehead atoms. The van der Waals surface area contributed by atoms with Crippen molar-refractivity contribution >= 4 is 19.9 Å². The number of hydrogen-bond donors (Lipinski definition) is 1. The van der Waals surface area contributed by atoms with E-state index in [0.717, 1.165) is 24.2 Å². The quantitative estimate of drug-likeness (QED) is 0.325. The fraction of sp³-hybridized carbons (Fsp3) is 0.364. The molecule has 0 spiro atoms. The van der Waals surface area contributed by atoms with Gasteiger partial charge in [-0.2, -0.15) is 0 Å². The standard InChI is InChI=1S/C33H39N3O2Si/c1-23-25(14-19-39(3,4)5)20-26(21-34)24(2)32(23)35-15-17-36(18-16-35)33(37)38-22-31-29-12-8-6-10-27(29)28-11-7-9-13-30(28)31/h6-13,20,31H,15-18,21-22,34H2,1-5H3. The van der Waals surface area contributed by atoms with Crippen LogP contribution in [0.3, 0.4) is 0 Å². The lowest BCUT2D eigenvalue weighted by molar-refractivity contribution is 0.0976. The van der Waals surface area contributed by atoms with Gasteiger partial charge in [-0.15, -0.1) is 5.54 Å². The summed E-state index contributed by atoms with van der Waals surface area (Å²) in [6, 6.07) is 19.0. The Balaban J connectivity index is 1.27. The highest BCUT2D eigenvalue weighted by molar-refractivity contribution is 6.83. The molecule has 3 aromatic rings. The Kier molecular flexibility index (Phi) is 7.57. The van der Waals surface area contributed by atoms with Crippen LogP contribution in [-0.2, 0) is 11.3 Å². The van der Waals surface area contributed by atoms with Gasteiger partial charge in [0.05, 0.1) is 0 Å². The van der Waals surface area contributed by atoms with E-state index in [1.807, 2.05) is 4.90 Å². The molecule has 3 aromatic carbocycles. The number of ether oxygens (including phenoxy) is 1. The van der Waals surface area contributed by atoms with E-state index < -0.39 is 8.07 Å². The number of carbonyl (C=O) groups is 1. The minimum absolute atomic E-state index is 0.0719. The molecule has 1 fully saturated rings. The highest BCUT2D eigenvalue weighted by Crippen LogP contribution is 2.44. The molecule has 39 heavy (non-hydrogen) atoms. The van der Waals surface area contributed by atoms with Gasteiger partial charge in [-0.1, -0.05) is 74.1 Å². The summed E-state index contributed by atoms with van der Waals surface area (Å²) in [5, 5.41) is 0. The molecule has 0 radical (unpaired) electrons. The molecular formula is C33H39N3O2Si. The second-order valence-corrected chi connectivity index (χ2v) is 16.4. The Morgan fingerprint density at radius 2 is 1.54 bits per heavy atom. The molecular weight excluding hydrogens is 498 g/mol. The third-order valence-electron chi connectivity index (χ3n) is 7.90. The summed E-state index contributed by atoms with van der Waals surface area (Å²) in [7, 11) is -1.50. The lowest BCUT2D eigenvalue weighted by Gasteiger charge is -2.37. The number of hydrogen-bond acceptors (Lipinski definition) is 4. The number of anilines is 1. The van der Waals surface area contributed by atoms with Crippen molar-refractivity contribution in [1.29, 1.82) is 0 Å². The number of nitrogens with two attached hydrogens (primary N) is 1. The molecule has 0 unspecified atom stereocenters. The molecule has 2 aliphatic rings. The molecule has 5 nitrogen and oxygen atoms in total. The van der Waals surface area contributed by atoms with Crippen LogP contribution >= 0.6 is 0 Å². The van der Waals surface area contributed by atoms with Gasteiger partial charge in [0.1, 0.15) is 14.7 Å². The Labute approximate surface area is 234 Å². The van der Waals surface area contributed by atoms with Gasteiger partial charge in [-0.05, 0) is 58.9 Å². The number of rotatable bonds is 4. The molecule has 202 valence electrons. The second-order valence-electron chi connectivity index (χ2n) is 11.7. The van der Waals surface area contributed by atoms with E-state index in [1.165, 1.54) is 39.1 Å². The summed E-state index contributed by atoms with van der Waals surface area (Å²) < 4.78 is 5.92. The fourth-order valence-corrected chi connectivity index (χ4v) is 6.33. The summed E-state index contributed by atoms with van der Waals surface area (Å²) in [5.41, 5.74) is 20.4. The fourth-order valence-electron chi connectivity index (χ4n) is 5.82. The molecule has 6 heteroatoms. The van der Waals surface area contributed by atoms with Crippen LogP contribution in [0, 0.1) is 25.3 Å². The van der Waals surface area contributed by atoms with Crippen LogP contribution in [-0.4, -0.2) is 51.9 Å². The van der Waals surface area contributed by atoms with E-state index in [0.29, 0.717) is 26.2 Å². The van der Waals surface area contributed by atoms with Crippen molar-refractivity contribution in [2.24, 2.45) is 5.73 Å². The van der Waals surface area contributed by atoms with Gasteiger partial charge in [0.25, 0.3) is 0 Å². The number of fused-ring (bicyclic) bond motifs is 3. The highest BCUT2D eigenvalue weighted by atomic mass is 28.3. The Morgan fingerprint density at radius 3 is 2.10 bits per heavy atom. The first kappa shape index (κ1) is 27.0. The van der Waals surface area contributed by atoms with E-state index in [1.54, 1.807) is 0 Å². The van der Waals surface area contributed by atoms with Gasteiger partial charge in [0, 0.05) is 49.9 Å². The predicted molar refractivity (Wildman–Crippen MR) is 163 cm³/mol. The average Bonchev–Trinajstić information content (AvgIpc) is 3.25. The zero-order chi connectivity index (χ0) is 27.7. The summed E-state index contributed by atoms with van der Waals surface area (Å²) in [4.78, 5) is 17.4. The molecule has 0 aromatic heterocycles. The van der Waals surface area contributed by atoms with Crippen molar-refractivity contribution in [2.45, 2.75) is 46.0 Å². The maximum atomic E-state index is 13.1. The minimum atomic E-state index is -1.50. The molecule has 5 rings (SSSR count). The largest absolute Gasteiger partial charge is 0.448 e. The first-order valence-corrected chi connectivity index (χ1v) is 17.4. The van der Waals surface area contributed by atoms with Crippen LogP contribution in [0.2, 0.25) is 19.6 Å². The maximum absolute atomic E-state index is 13.1. The predicted octanol–water partition coefficient (Wildman–Crippen LogP) is 6.06. The van der Waals surface area contributed by atoms with Gasteiger partial charge in [0.15, 0.2) is 0 Å². The van der Waals surface area contributed by atoms with Crippen LogP contribution < -0.4 is 10.6 Å². The van der Waals surface area contributed by atoms with E-state index in [2.05, 4.69) is 104 Å². The number of carbonyl (C=O) groups excluding carboxylic acids is 1. The molecule has 1 aliphatic heterocycles. The molecule has 1 amide bonds. The lowest BCUT2D eigenvalue weighted by atomic mass is 9.96. The monoisotopic (exact) mass is 537 g/mol. The zero-order valence-electron chi connectivity index (χ0n) is 23.8. The molecule has 1 heterocycles. The molecule has 0 saturated carbocycles. The van der Waals surface area contributed by atoms with Crippen molar-refractivity contribution < 1.29 is 9.53 Å². The third kappa shape index (κ3) is 5.47. The molecule has 1 saturated heterocycles. The summed E-state index contributed by atoms with van der Waals surface area (Å²) in [5.74, 6) is 3.54. The van der Waals surface area contributed by atoms with Crippen molar-refractivity contribution in [2.75, 3.05) is 37.7 Å². The van der Waals surface area contributed by atoms with E-state index in [4.69, 9.17) is 10.5 Å². The van der Waals surface area contributed by atoms with Gasteiger partial charge >= 0.3 is 6.09 Å². The van der Waals surface area contributed by atoms with Crippen molar-refractivity contribution in [3.63, 3.8) is 0 Å². The summed E-state index contributed by atoms with van der Waals surface area (Å²) >= 11 is 0.